The maximum Gasteiger partial charge on any atom is 0.233 e. The number of H-pyrrole nitrogens is 1. The van der Waals surface area contributed by atoms with E-state index in [0.29, 0.717) is 11.8 Å². The van der Waals surface area contributed by atoms with E-state index in [1.807, 2.05) is 24.3 Å². The van der Waals surface area contributed by atoms with E-state index < -0.39 is 0 Å². The lowest BCUT2D eigenvalue weighted by atomic mass is 10.0. The first kappa shape index (κ1) is 17.2. The first-order valence-electron chi connectivity index (χ1n) is 7.65. The maximum absolute atomic E-state index is 12.4. The van der Waals surface area contributed by atoms with Crippen molar-refractivity contribution < 1.29 is 4.79 Å². The van der Waals surface area contributed by atoms with Gasteiger partial charge >= 0.3 is 0 Å². The highest BCUT2D eigenvalue weighted by Crippen LogP contribution is 2.23. The molecule has 0 radical (unpaired) electrons. The minimum atomic E-state index is 0. The molecule has 1 aromatic heterocycles. The first-order chi connectivity index (χ1) is 10.3. The number of nitrogens with one attached hydrogen (secondary N) is 1. The molecule has 2 heterocycles. The standard InChI is InChI=1S/C16H21N3OS.ClH/c1-2-12-7-5-6-10-19(12)15(20)11-21-16-17-13-8-3-4-9-14(13)18-16;/h3-4,8-9,12H,2,5-7,10-11H2,1H3,(H,17,18);1H. The highest BCUT2D eigenvalue weighted by Gasteiger charge is 2.25. The number of aromatic amines is 1. The fraction of sp³-hybridized carbons (Fsp3) is 0.500. The number of hydrogen-bond donors (Lipinski definition) is 1. The molecule has 22 heavy (non-hydrogen) atoms. The molecule has 1 aliphatic heterocycles. The zero-order valence-electron chi connectivity index (χ0n) is 12.7. The highest BCUT2D eigenvalue weighted by atomic mass is 35.5. The summed E-state index contributed by atoms with van der Waals surface area (Å²) in [6.07, 6.45) is 4.59. The molecule has 1 atom stereocenters. The second kappa shape index (κ2) is 7.88. The summed E-state index contributed by atoms with van der Waals surface area (Å²) >= 11 is 1.50. The minimum absolute atomic E-state index is 0. The summed E-state index contributed by atoms with van der Waals surface area (Å²) in [6.45, 7) is 3.08. The molecule has 1 fully saturated rings. The molecule has 120 valence electrons. The Hall–Kier alpha value is -1.20. The largest absolute Gasteiger partial charge is 0.339 e. The molecule has 1 saturated heterocycles. The average molecular weight is 340 g/mol. The van der Waals surface area contributed by atoms with E-state index in [0.717, 1.165) is 42.0 Å². The van der Waals surface area contributed by atoms with Gasteiger partial charge in [0.05, 0.1) is 16.8 Å². The van der Waals surface area contributed by atoms with Crippen LogP contribution in [0.2, 0.25) is 0 Å². The molecule has 6 heteroatoms. The number of nitrogens with zero attached hydrogens (tertiary/aromatic N) is 2. The second-order valence-electron chi connectivity index (χ2n) is 5.49. The third kappa shape index (κ3) is 3.76. The van der Waals surface area contributed by atoms with Gasteiger partial charge < -0.3 is 9.88 Å². The molecule has 1 N–H and O–H groups in total. The number of carbonyl (C=O) groups excluding carboxylic acids is 1. The Morgan fingerprint density at radius 3 is 3.00 bits per heavy atom. The van der Waals surface area contributed by atoms with Crippen LogP contribution in [0, 0.1) is 0 Å². The van der Waals surface area contributed by atoms with Gasteiger partial charge in [-0.2, -0.15) is 0 Å². The molecule has 0 bridgehead atoms. The van der Waals surface area contributed by atoms with Gasteiger partial charge in [-0.3, -0.25) is 4.79 Å². The summed E-state index contributed by atoms with van der Waals surface area (Å²) in [6, 6.07) is 8.38. The smallest absolute Gasteiger partial charge is 0.233 e. The van der Waals surface area contributed by atoms with Crippen LogP contribution in [0.1, 0.15) is 32.6 Å². The van der Waals surface area contributed by atoms with Gasteiger partial charge in [0.25, 0.3) is 0 Å². The molecule has 4 nitrogen and oxygen atoms in total. The predicted molar refractivity (Wildman–Crippen MR) is 93.7 cm³/mol. The summed E-state index contributed by atoms with van der Waals surface area (Å²) in [4.78, 5) is 22.3. The fourth-order valence-electron chi connectivity index (χ4n) is 2.96. The van der Waals surface area contributed by atoms with Crippen molar-refractivity contribution in [2.75, 3.05) is 12.3 Å². The van der Waals surface area contributed by atoms with Crippen molar-refractivity contribution in [2.45, 2.75) is 43.8 Å². The third-order valence-electron chi connectivity index (χ3n) is 4.12. The van der Waals surface area contributed by atoms with Crippen LogP contribution in [0.4, 0.5) is 0 Å². The Morgan fingerprint density at radius 1 is 1.41 bits per heavy atom. The molecule has 1 aliphatic rings. The van der Waals surface area contributed by atoms with Crippen LogP contribution in [0.25, 0.3) is 11.0 Å². The minimum Gasteiger partial charge on any atom is -0.339 e. The Bertz CT molecular complexity index is 598. The summed E-state index contributed by atoms with van der Waals surface area (Å²) in [5.41, 5.74) is 1.98. The summed E-state index contributed by atoms with van der Waals surface area (Å²) in [7, 11) is 0. The van der Waals surface area contributed by atoms with Crippen LogP contribution in [0.5, 0.6) is 0 Å². The average Bonchev–Trinajstić information content (AvgIpc) is 2.95. The van der Waals surface area contributed by atoms with Gasteiger partial charge in [0.15, 0.2) is 5.16 Å². The monoisotopic (exact) mass is 339 g/mol. The number of imidazole rings is 1. The van der Waals surface area contributed by atoms with E-state index in [9.17, 15) is 4.79 Å². The number of benzene rings is 1. The van der Waals surface area contributed by atoms with Crippen molar-refractivity contribution in [1.82, 2.24) is 14.9 Å². The molecule has 3 rings (SSSR count). The van der Waals surface area contributed by atoms with E-state index >= 15 is 0 Å². The van der Waals surface area contributed by atoms with Crippen molar-refractivity contribution in [1.29, 1.82) is 0 Å². The Morgan fingerprint density at radius 2 is 2.23 bits per heavy atom. The number of thioether (sulfide) groups is 1. The molecule has 1 unspecified atom stereocenters. The predicted octanol–water partition coefficient (Wildman–Crippen LogP) is 3.87. The number of aromatic nitrogens is 2. The number of fused-ring (bicyclic) bond motifs is 1. The number of carbonyl (C=O) groups is 1. The SMILES string of the molecule is CCC1CCCCN1C(=O)CSc1nc2ccccc2[nH]1.Cl. The van der Waals surface area contributed by atoms with Crippen LogP contribution < -0.4 is 0 Å². The van der Waals surface area contributed by atoms with E-state index in [4.69, 9.17) is 0 Å². The Labute approximate surface area is 141 Å². The van der Waals surface area contributed by atoms with Crippen LogP contribution in [0.3, 0.4) is 0 Å². The number of halogens is 1. The number of piperidine rings is 1. The molecular formula is C16H22ClN3OS. The molecule has 2 aromatic rings. The van der Waals surface area contributed by atoms with Gasteiger partial charge in [-0.1, -0.05) is 30.8 Å². The molecule has 1 aromatic carbocycles. The Kier molecular flexibility index (Phi) is 6.15. The number of amides is 1. The first-order valence-corrected chi connectivity index (χ1v) is 8.63. The van der Waals surface area contributed by atoms with Crippen molar-refractivity contribution >= 4 is 41.1 Å². The van der Waals surface area contributed by atoms with Gasteiger partial charge in [-0.15, -0.1) is 12.4 Å². The summed E-state index contributed by atoms with van der Waals surface area (Å²) in [5, 5.41) is 0.828. The van der Waals surface area contributed by atoms with E-state index in [2.05, 4.69) is 21.8 Å². The zero-order chi connectivity index (χ0) is 14.7. The van der Waals surface area contributed by atoms with Crippen molar-refractivity contribution in [3.8, 4) is 0 Å². The molecular weight excluding hydrogens is 318 g/mol. The lowest BCUT2D eigenvalue weighted by Gasteiger charge is -2.35. The number of rotatable bonds is 4. The second-order valence-corrected chi connectivity index (χ2v) is 6.46. The molecule has 1 amide bonds. The molecule has 0 aliphatic carbocycles. The lowest BCUT2D eigenvalue weighted by molar-refractivity contribution is -0.132. The van der Waals surface area contributed by atoms with Crippen LogP contribution in [0.15, 0.2) is 29.4 Å². The van der Waals surface area contributed by atoms with Crippen molar-refractivity contribution in [3.05, 3.63) is 24.3 Å². The maximum atomic E-state index is 12.4. The van der Waals surface area contributed by atoms with Gasteiger partial charge in [-0.05, 0) is 37.8 Å². The van der Waals surface area contributed by atoms with Gasteiger partial charge in [-0.25, -0.2) is 4.98 Å². The summed E-state index contributed by atoms with van der Waals surface area (Å²) in [5.74, 6) is 0.711. The van der Waals surface area contributed by atoms with Gasteiger partial charge in [0.2, 0.25) is 5.91 Å². The van der Waals surface area contributed by atoms with E-state index in [-0.39, 0.29) is 18.3 Å². The number of likely N-dealkylation sites (tertiary alicyclic amines) is 1. The fourth-order valence-corrected chi connectivity index (χ4v) is 3.74. The third-order valence-corrected chi connectivity index (χ3v) is 4.98. The number of hydrogen-bond acceptors (Lipinski definition) is 3. The zero-order valence-corrected chi connectivity index (χ0v) is 14.4. The van der Waals surface area contributed by atoms with Crippen LogP contribution in [-0.2, 0) is 4.79 Å². The molecule has 0 saturated carbocycles. The highest BCUT2D eigenvalue weighted by molar-refractivity contribution is 7.99. The van der Waals surface area contributed by atoms with Gasteiger partial charge in [0, 0.05) is 12.6 Å². The molecule has 0 spiro atoms. The van der Waals surface area contributed by atoms with Gasteiger partial charge in [0.1, 0.15) is 0 Å². The Balaban J connectivity index is 0.00000176. The van der Waals surface area contributed by atoms with E-state index in [1.165, 1.54) is 18.2 Å². The normalized spacial score (nSPS) is 18.2. The van der Waals surface area contributed by atoms with Crippen molar-refractivity contribution in [3.63, 3.8) is 0 Å². The van der Waals surface area contributed by atoms with Crippen LogP contribution in [-0.4, -0.2) is 39.1 Å². The van der Waals surface area contributed by atoms with E-state index in [1.54, 1.807) is 0 Å². The quantitative estimate of drug-likeness (QED) is 0.860. The van der Waals surface area contributed by atoms with Crippen molar-refractivity contribution in [2.24, 2.45) is 0 Å². The lowest BCUT2D eigenvalue weighted by Crippen LogP contribution is -2.44. The number of para-hydroxylation sites is 2. The summed E-state index contributed by atoms with van der Waals surface area (Å²) < 4.78 is 0. The van der Waals surface area contributed by atoms with Crippen LogP contribution >= 0.6 is 24.2 Å². The topological polar surface area (TPSA) is 49.0 Å².